The smallest absolute Gasteiger partial charge is 0.162 e. The van der Waals surface area contributed by atoms with Crippen molar-refractivity contribution in [1.29, 1.82) is 0 Å². The summed E-state index contributed by atoms with van der Waals surface area (Å²) in [5.41, 5.74) is 2.32. The maximum Gasteiger partial charge on any atom is 0.162 e. The second-order valence-electron chi connectivity index (χ2n) is 7.28. The first-order valence-corrected chi connectivity index (χ1v) is 9.26. The minimum Gasteiger partial charge on any atom is -1.00 e. The van der Waals surface area contributed by atoms with Crippen molar-refractivity contribution in [3.8, 4) is 0 Å². The molecule has 142 valence electrons. The lowest BCUT2D eigenvalue weighted by molar-refractivity contribution is -0.0000139. The van der Waals surface area contributed by atoms with Crippen LogP contribution in [0.2, 0.25) is 0 Å². The van der Waals surface area contributed by atoms with Crippen molar-refractivity contribution >= 4 is 5.78 Å². The fraction of sp³-hybridized carbons (Fsp3) is 0.650. The molecular formula is C20H32ClN2O2-. The molecule has 0 radical (unpaired) electrons. The molecule has 1 aromatic carbocycles. The van der Waals surface area contributed by atoms with E-state index in [9.17, 15) is 4.79 Å². The van der Waals surface area contributed by atoms with Crippen LogP contribution in [-0.2, 0) is 0 Å². The molecule has 4 nitrogen and oxygen atoms in total. The molecule has 1 aliphatic heterocycles. The first kappa shape index (κ1) is 22.1. The molecule has 0 aromatic heterocycles. The lowest BCUT2D eigenvalue weighted by Gasteiger charge is -2.32. The molecule has 0 unspecified atom stereocenters. The number of hydrogen-bond donors (Lipinski definition) is 0. The highest BCUT2D eigenvalue weighted by Crippen LogP contribution is 2.34. The van der Waals surface area contributed by atoms with Gasteiger partial charge >= 0.3 is 0 Å². The van der Waals surface area contributed by atoms with Gasteiger partial charge < -0.3 is 27.7 Å². The number of hydrogen-bond acceptors (Lipinski definition) is 3. The van der Waals surface area contributed by atoms with Crippen LogP contribution in [0.1, 0.15) is 60.4 Å². The van der Waals surface area contributed by atoms with E-state index in [4.69, 9.17) is 0 Å². The second kappa shape index (κ2) is 10.9. The molecule has 1 aliphatic carbocycles. The Kier molecular flexibility index (Phi) is 9.65. The fourth-order valence-electron chi connectivity index (χ4n) is 3.88. The average Bonchev–Trinajstić information content (AvgIpc) is 3.11. The lowest BCUT2D eigenvalue weighted by Crippen LogP contribution is -3.00. The molecule has 0 spiro atoms. The van der Waals surface area contributed by atoms with E-state index in [0.29, 0.717) is 12.2 Å². The Balaban J connectivity index is 0.00000156. The van der Waals surface area contributed by atoms with Gasteiger partial charge in [0.25, 0.3) is 0 Å². The number of ketones is 1. The third-order valence-electron chi connectivity index (χ3n) is 5.53. The van der Waals surface area contributed by atoms with Gasteiger partial charge in [0.1, 0.15) is 0 Å². The molecule has 0 atom stereocenters. The van der Waals surface area contributed by atoms with Crippen molar-refractivity contribution in [2.75, 3.05) is 39.8 Å². The van der Waals surface area contributed by atoms with Gasteiger partial charge in [-0.05, 0) is 44.3 Å². The van der Waals surface area contributed by atoms with Gasteiger partial charge in [0.15, 0.2) is 5.78 Å². The Morgan fingerprint density at radius 2 is 1.64 bits per heavy atom. The Morgan fingerprint density at radius 1 is 1.04 bits per heavy atom. The van der Waals surface area contributed by atoms with E-state index in [1.165, 1.54) is 31.2 Å². The zero-order chi connectivity index (χ0) is 16.1. The van der Waals surface area contributed by atoms with Crippen LogP contribution in [-0.4, -0.2) is 60.8 Å². The van der Waals surface area contributed by atoms with E-state index >= 15 is 0 Å². The van der Waals surface area contributed by atoms with Crippen molar-refractivity contribution in [3.05, 3.63) is 35.4 Å². The van der Waals surface area contributed by atoms with Crippen LogP contribution in [0, 0.1) is 0 Å². The summed E-state index contributed by atoms with van der Waals surface area (Å²) in [6.45, 7) is 5.63. The quantitative estimate of drug-likeness (QED) is 0.651. The number of Topliss-reactive ketones (excluding diaryl/α,β-unsaturated/α-hetero) is 1. The molecule has 0 bridgehead atoms. The van der Waals surface area contributed by atoms with Crippen molar-refractivity contribution in [2.45, 2.75) is 44.4 Å². The van der Waals surface area contributed by atoms with Crippen molar-refractivity contribution in [2.24, 2.45) is 0 Å². The van der Waals surface area contributed by atoms with E-state index < -0.39 is 0 Å². The van der Waals surface area contributed by atoms with Crippen LogP contribution in [0.15, 0.2) is 24.3 Å². The number of likely N-dealkylation sites (N-methyl/N-ethyl adjacent to an activating group) is 1. The highest BCUT2D eigenvalue weighted by atomic mass is 35.5. The molecule has 1 saturated carbocycles. The third kappa shape index (κ3) is 6.37. The molecule has 1 aromatic rings. The number of nitrogens with zero attached hydrogens (tertiary/aromatic N) is 2. The largest absolute Gasteiger partial charge is 1.00 e. The zero-order valence-corrected chi connectivity index (χ0v) is 16.1. The van der Waals surface area contributed by atoms with E-state index in [1.54, 1.807) is 0 Å². The van der Waals surface area contributed by atoms with Gasteiger partial charge in [-0.15, -0.1) is 0 Å². The van der Waals surface area contributed by atoms with Crippen LogP contribution in [0.25, 0.3) is 0 Å². The number of piperazine rings is 1. The second-order valence-corrected chi connectivity index (χ2v) is 7.28. The van der Waals surface area contributed by atoms with E-state index in [0.717, 1.165) is 50.6 Å². The fourth-order valence-corrected chi connectivity index (χ4v) is 3.88. The van der Waals surface area contributed by atoms with E-state index in [2.05, 4.69) is 29.0 Å². The van der Waals surface area contributed by atoms with Crippen molar-refractivity contribution in [3.63, 3.8) is 0 Å². The Morgan fingerprint density at radius 3 is 2.24 bits per heavy atom. The molecule has 3 rings (SSSR count). The highest BCUT2D eigenvalue weighted by molar-refractivity contribution is 5.96. The first-order valence-electron chi connectivity index (χ1n) is 9.26. The molecule has 2 aliphatic rings. The van der Waals surface area contributed by atoms with Gasteiger partial charge in [-0.3, -0.25) is 4.79 Å². The molecule has 1 heterocycles. The number of carbonyl (C=O) groups excluding carboxylic acids is 1. The summed E-state index contributed by atoms with van der Waals surface area (Å²) in [6.07, 6.45) is 7.01. The van der Waals surface area contributed by atoms with Gasteiger partial charge in [0, 0.05) is 38.2 Å². The maximum atomic E-state index is 12.3. The number of rotatable bonds is 6. The van der Waals surface area contributed by atoms with Crippen LogP contribution >= 0.6 is 0 Å². The first-order chi connectivity index (χ1) is 11.2. The maximum absolute atomic E-state index is 12.3. The molecule has 0 amide bonds. The van der Waals surface area contributed by atoms with E-state index in [1.807, 2.05) is 12.1 Å². The van der Waals surface area contributed by atoms with Crippen LogP contribution in [0.4, 0.5) is 0 Å². The summed E-state index contributed by atoms with van der Waals surface area (Å²) < 4.78 is 0. The minimum absolute atomic E-state index is 0. The Bertz CT molecular complexity index is 507. The summed E-state index contributed by atoms with van der Waals surface area (Å²) in [5, 5.41) is 0. The van der Waals surface area contributed by atoms with E-state index in [-0.39, 0.29) is 17.9 Å². The molecule has 25 heavy (non-hydrogen) atoms. The Hall–Kier alpha value is -0.940. The monoisotopic (exact) mass is 367 g/mol. The highest BCUT2D eigenvalue weighted by Gasteiger charge is 2.17. The summed E-state index contributed by atoms with van der Waals surface area (Å²) >= 11 is 0. The zero-order valence-electron chi connectivity index (χ0n) is 15.3. The molecule has 5 heteroatoms. The molecule has 2 N–H and O–H groups in total. The standard InChI is InChI=1S/C20H30N2O.ClH.H2O/c1-21-13-15-22(16-14-21)12-4-7-20(23)19-10-8-18(9-11-19)17-5-2-3-6-17;;/h8-11,17H,2-7,12-16H2,1H3;1H;1H2/p-1. The number of carbonyl (C=O) groups is 1. The summed E-state index contributed by atoms with van der Waals surface area (Å²) in [5.74, 6) is 1.04. The van der Waals surface area contributed by atoms with Gasteiger partial charge in [0.05, 0.1) is 0 Å². The predicted octanol–water partition coefficient (Wildman–Crippen LogP) is -0.266. The lowest BCUT2D eigenvalue weighted by atomic mass is 9.95. The van der Waals surface area contributed by atoms with Gasteiger partial charge in [0.2, 0.25) is 0 Å². The summed E-state index contributed by atoms with van der Waals surface area (Å²) in [6, 6.07) is 8.46. The SMILES string of the molecule is CN1CCN(CCCC(=O)c2ccc(C3CCCC3)cc2)CC1.O.[Cl-]. The molecule has 1 saturated heterocycles. The normalized spacial score (nSPS) is 19.2. The number of halogens is 1. The average molecular weight is 368 g/mol. The predicted molar refractivity (Wildman–Crippen MR) is 98.8 cm³/mol. The van der Waals surface area contributed by atoms with Gasteiger partial charge in [-0.1, -0.05) is 37.1 Å². The van der Waals surface area contributed by atoms with Crippen LogP contribution in [0.5, 0.6) is 0 Å². The minimum atomic E-state index is 0. The topological polar surface area (TPSA) is 55.0 Å². The third-order valence-corrected chi connectivity index (χ3v) is 5.53. The summed E-state index contributed by atoms with van der Waals surface area (Å²) in [7, 11) is 2.18. The number of benzene rings is 1. The van der Waals surface area contributed by atoms with Crippen LogP contribution < -0.4 is 12.4 Å². The van der Waals surface area contributed by atoms with Crippen molar-refractivity contribution in [1.82, 2.24) is 9.80 Å². The van der Waals surface area contributed by atoms with Gasteiger partial charge in [-0.2, -0.15) is 0 Å². The molecule has 2 fully saturated rings. The summed E-state index contributed by atoms with van der Waals surface area (Å²) in [4.78, 5) is 17.2. The van der Waals surface area contributed by atoms with Crippen LogP contribution in [0.3, 0.4) is 0 Å². The van der Waals surface area contributed by atoms with Gasteiger partial charge in [-0.25, -0.2) is 0 Å². The molecular weight excluding hydrogens is 336 g/mol. The Labute approximate surface area is 158 Å². The van der Waals surface area contributed by atoms with Crippen molar-refractivity contribution < 1.29 is 22.7 Å².